The predicted octanol–water partition coefficient (Wildman–Crippen LogP) is 2.03. The number of hydrogen-bond donors (Lipinski definition) is 2. The van der Waals surface area contributed by atoms with Crippen molar-refractivity contribution in [3.63, 3.8) is 0 Å². The van der Waals surface area contributed by atoms with Gasteiger partial charge in [0.15, 0.2) is 0 Å². The van der Waals surface area contributed by atoms with Crippen LogP contribution < -0.4 is 10.9 Å². The zero-order chi connectivity index (χ0) is 17.1. The van der Waals surface area contributed by atoms with Gasteiger partial charge in [0.1, 0.15) is 5.76 Å². The second-order valence-corrected chi connectivity index (χ2v) is 5.92. The average Bonchev–Trinajstić information content (AvgIpc) is 2.93. The Bertz CT molecular complexity index is 940. The van der Waals surface area contributed by atoms with E-state index in [0.29, 0.717) is 30.0 Å². The molecule has 0 radical (unpaired) electrons. The number of amides is 1. The minimum atomic E-state index is -0.142. The number of benzene rings is 1. The van der Waals surface area contributed by atoms with Crippen molar-refractivity contribution >= 4 is 16.8 Å². The van der Waals surface area contributed by atoms with E-state index in [1.165, 1.54) is 0 Å². The van der Waals surface area contributed by atoms with Gasteiger partial charge in [0, 0.05) is 23.7 Å². The van der Waals surface area contributed by atoms with E-state index in [2.05, 4.69) is 15.5 Å². The molecule has 0 aliphatic carbocycles. The highest BCUT2D eigenvalue weighted by atomic mass is 16.5. The van der Waals surface area contributed by atoms with Gasteiger partial charge >= 0.3 is 0 Å². The Morgan fingerprint density at radius 1 is 1.25 bits per heavy atom. The molecule has 2 heterocycles. The fourth-order valence-corrected chi connectivity index (χ4v) is 2.62. The number of pyridine rings is 1. The maximum atomic E-state index is 12.1. The summed E-state index contributed by atoms with van der Waals surface area (Å²) >= 11 is 0. The second-order valence-electron chi connectivity index (χ2n) is 5.92. The highest BCUT2D eigenvalue weighted by Crippen LogP contribution is 2.13. The van der Waals surface area contributed by atoms with Crippen molar-refractivity contribution in [2.45, 2.75) is 26.7 Å². The molecular weight excluding hydrogens is 306 g/mol. The molecule has 0 saturated heterocycles. The molecule has 6 heteroatoms. The van der Waals surface area contributed by atoms with Crippen LogP contribution in [0.1, 0.15) is 22.6 Å². The molecule has 6 nitrogen and oxygen atoms in total. The number of carbonyl (C=O) groups excluding carboxylic acids is 1. The molecule has 3 rings (SSSR count). The van der Waals surface area contributed by atoms with Crippen molar-refractivity contribution in [1.82, 2.24) is 15.5 Å². The van der Waals surface area contributed by atoms with E-state index in [-0.39, 0.29) is 17.9 Å². The zero-order valence-electron chi connectivity index (χ0n) is 13.7. The SMILES string of the molecule is Cc1ccc2[nH]c(=O)c(CCNC(=O)Cc3cc(C)on3)cc2c1. The van der Waals surface area contributed by atoms with E-state index < -0.39 is 0 Å². The zero-order valence-corrected chi connectivity index (χ0v) is 13.7. The summed E-state index contributed by atoms with van der Waals surface area (Å²) in [5.74, 6) is 0.534. The van der Waals surface area contributed by atoms with Gasteiger partial charge in [0.05, 0.1) is 12.1 Å². The van der Waals surface area contributed by atoms with Crippen LogP contribution in [0.3, 0.4) is 0 Å². The quantitative estimate of drug-likeness (QED) is 0.751. The van der Waals surface area contributed by atoms with E-state index in [0.717, 1.165) is 16.5 Å². The third kappa shape index (κ3) is 3.71. The Labute approximate surface area is 138 Å². The van der Waals surface area contributed by atoms with Crippen LogP contribution in [-0.2, 0) is 17.6 Å². The van der Waals surface area contributed by atoms with Gasteiger partial charge in [-0.3, -0.25) is 9.59 Å². The van der Waals surface area contributed by atoms with Crippen molar-refractivity contribution in [1.29, 1.82) is 0 Å². The number of carbonyl (C=O) groups is 1. The lowest BCUT2D eigenvalue weighted by atomic mass is 10.1. The summed E-state index contributed by atoms with van der Waals surface area (Å²) in [7, 11) is 0. The summed E-state index contributed by atoms with van der Waals surface area (Å²) in [6.07, 6.45) is 0.646. The van der Waals surface area contributed by atoms with Crippen LogP contribution in [-0.4, -0.2) is 22.6 Å². The maximum absolute atomic E-state index is 12.1. The minimum Gasteiger partial charge on any atom is -0.361 e. The lowest BCUT2D eigenvalue weighted by Crippen LogP contribution is -2.28. The molecule has 2 N–H and O–H groups in total. The second kappa shape index (κ2) is 6.70. The standard InChI is InChI=1S/C18H19N3O3/c1-11-3-4-16-14(7-11)9-13(18(23)20-16)5-6-19-17(22)10-15-8-12(2)24-21-15/h3-4,7-9H,5-6,10H2,1-2H3,(H,19,22)(H,20,23). The number of rotatable bonds is 5. The molecule has 2 aromatic heterocycles. The predicted molar refractivity (Wildman–Crippen MR) is 91.0 cm³/mol. The van der Waals surface area contributed by atoms with Crippen LogP contribution >= 0.6 is 0 Å². The van der Waals surface area contributed by atoms with Crippen LogP contribution in [0.5, 0.6) is 0 Å². The molecule has 0 aliphatic rings. The topological polar surface area (TPSA) is 88.0 Å². The number of H-pyrrole nitrogens is 1. The first-order valence-electron chi connectivity index (χ1n) is 7.83. The lowest BCUT2D eigenvalue weighted by Gasteiger charge is -2.06. The molecule has 24 heavy (non-hydrogen) atoms. The molecule has 1 aromatic carbocycles. The molecule has 1 amide bonds. The van der Waals surface area contributed by atoms with Gasteiger partial charge < -0.3 is 14.8 Å². The minimum absolute atomic E-state index is 0.118. The van der Waals surface area contributed by atoms with Gasteiger partial charge in [-0.25, -0.2) is 0 Å². The normalized spacial score (nSPS) is 10.9. The largest absolute Gasteiger partial charge is 0.361 e. The Hall–Kier alpha value is -2.89. The Morgan fingerprint density at radius 2 is 2.08 bits per heavy atom. The number of aryl methyl sites for hydroxylation is 2. The van der Waals surface area contributed by atoms with Gasteiger partial charge in [-0.1, -0.05) is 16.8 Å². The van der Waals surface area contributed by atoms with Gasteiger partial charge in [0.25, 0.3) is 5.56 Å². The smallest absolute Gasteiger partial charge is 0.251 e. The molecule has 0 spiro atoms. The summed E-state index contributed by atoms with van der Waals surface area (Å²) in [6, 6.07) is 9.51. The molecule has 0 atom stereocenters. The van der Waals surface area contributed by atoms with Gasteiger partial charge in [-0.05, 0) is 43.9 Å². The lowest BCUT2D eigenvalue weighted by molar-refractivity contribution is -0.120. The molecule has 0 unspecified atom stereocenters. The Kier molecular flexibility index (Phi) is 4.46. The summed E-state index contributed by atoms with van der Waals surface area (Å²) < 4.78 is 4.93. The third-order valence-electron chi connectivity index (χ3n) is 3.81. The van der Waals surface area contributed by atoms with Crippen LogP contribution in [0.15, 0.2) is 39.6 Å². The fraction of sp³-hybridized carbons (Fsp3) is 0.278. The monoisotopic (exact) mass is 325 g/mol. The molecule has 0 saturated carbocycles. The molecule has 124 valence electrons. The summed E-state index contributed by atoms with van der Waals surface area (Å²) in [5.41, 5.74) is 3.10. The number of nitrogens with zero attached hydrogens (tertiary/aromatic N) is 1. The first-order valence-corrected chi connectivity index (χ1v) is 7.83. The van der Waals surface area contributed by atoms with Crippen molar-refractivity contribution < 1.29 is 9.32 Å². The number of aromatic amines is 1. The highest BCUT2D eigenvalue weighted by molar-refractivity contribution is 5.80. The summed E-state index contributed by atoms with van der Waals surface area (Å²) in [5, 5.41) is 7.58. The number of hydrogen-bond acceptors (Lipinski definition) is 4. The van der Waals surface area contributed by atoms with E-state index in [9.17, 15) is 9.59 Å². The van der Waals surface area contributed by atoms with Crippen LogP contribution in [0.25, 0.3) is 10.9 Å². The number of aromatic nitrogens is 2. The van der Waals surface area contributed by atoms with E-state index >= 15 is 0 Å². The summed E-state index contributed by atoms with van der Waals surface area (Å²) in [4.78, 5) is 26.8. The number of fused-ring (bicyclic) bond motifs is 1. The van der Waals surface area contributed by atoms with Gasteiger partial charge in [0.2, 0.25) is 5.91 Å². The van der Waals surface area contributed by atoms with Gasteiger partial charge in [-0.15, -0.1) is 0 Å². The van der Waals surface area contributed by atoms with Crippen molar-refractivity contribution in [2.24, 2.45) is 0 Å². The van der Waals surface area contributed by atoms with E-state index in [1.54, 1.807) is 13.0 Å². The molecule has 3 aromatic rings. The Morgan fingerprint density at radius 3 is 2.83 bits per heavy atom. The molecule has 0 aliphatic heterocycles. The number of nitrogens with one attached hydrogen (secondary N) is 2. The van der Waals surface area contributed by atoms with E-state index in [1.807, 2.05) is 31.2 Å². The van der Waals surface area contributed by atoms with Crippen LogP contribution in [0.2, 0.25) is 0 Å². The van der Waals surface area contributed by atoms with Crippen LogP contribution in [0, 0.1) is 13.8 Å². The van der Waals surface area contributed by atoms with Crippen molar-refractivity contribution in [3.8, 4) is 0 Å². The van der Waals surface area contributed by atoms with Gasteiger partial charge in [-0.2, -0.15) is 0 Å². The first kappa shape index (κ1) is 16.0. The fourth-order valence-electron chi connectivity index (χ4n) is 2.62. The van der Waals surface area contributed by atoms with Crippen LogP contribution in [0.4, 0.5) is 0 Å². The van der Waals surface area contributed by atoms with Crippen molar-refractivity contribution in [3.05, 3.63) is 63.3 Å². The summed E-state index contributed by atoms with van der Waals surface area (Å²) in [6.45, 7) is 4.19. The average molecular weight is 325 g/mol. The first-order chi connectivity index (χ1) is 11.5. The van der Waals surface area contributed by atoms with E-state index in [4.69, 9.17) is 4.52 Å². The maximum Gasteiger partial charge on any atom is 0.251 e. The molecule has 0 bridgehead atoms. The van der Waals surface area contributed by atoms with Crippen molar-refractivity contribution in [2.75, 3.05) is 6.54 Å². The molecule has 0 fully saturated rings. The highest BCUT2D eigenvalue weighted by Gasteiger charge is 2.08. The molecular formula is C18H19N3O3. The third-order valence-corrected chi connectivity index (χ3v) is 3.81. The Balaban J connectivity index is 1.62.